The molecule has 1 aromatic carbocycles. The number of carbonyl (C=O) groups excluding carboxylic acids is 2. The highest BCUT2D eigenvalue weighted by Crippen LogP contribution is 2.19. The first-order valence-corrected chi connectivity index (χ1v) is 6.72. The Morgan fingerprint density at radius 3 is 2.24 bits per heavy atom. The summed E-state index contributed by atoms with van der Waals surface area (Å²) >= 11 is 5.80. The van der Waals surface area contributed by atoms with Crippen molar-refractivity contribution in [3.8, 4) is 0 Å². The van der Waals surface area contributed by atoms with E-state index in [1.54, 1.807) is 24.3 Å². The van der Waals surface area contributed by atoms with Gasteiger partial charge < -0.3 is 15.7 Å². The monoisotopic (exact) mass is 312 g/mol. The van der Waals surface area contributed by atoms with Crippen molar-refractivity contribution in [2.75, 3.05) is 0 Å². The van der Waals surface area contributed by atoms with Crippen molar-refractivity contribution in [2.24, 2.45) is 0 Å². The fourth-order valence-corrected chi connectivity index (χ4v) is 1.87. The Bertz CT molecular complexity index is 530. The van der Waals surface area contributed by atoms with Gasteiger partial charge in [-0.2, -0.15) is 0 Å². The molecule has 0 bridgehead atoms. The lowest BCUT2D eigenvalue weighted by Gasteiger charge is -2.19. The van der Waals surface area contributed by atoms with Crippen LogP contribution in [0.1, 0.15) is 31.9 Å². The van der Waals surface area contributed by atoms with Gasteiger partial charge in [-0.25, -0.2) is 0 Å². The summed E-state index contributed by atoms with van der Waals surface area (Å²) in [6, 6.07) is 5.20. The Morgan fingerprint density at radius 1 is 1.19 bits per heavy atom. The predicted octanol–water partition coefficient (Wildman–Crippen LogP) is 1.50. The Morgan fingerprint density at radius 2 is 1.76 bits per heavy atom. The number of carbonyl (C=O) groups is 3. The second-order valence-electron chi connectivity index (χ2n) is 4.64. The highest BCUT2D eigenvalue weighted by Gasteiger charge is 2.20. The number of carboxylic acids is 1. The summed E-state index contributed by atoms with van der Waals surface area (Å²) in [5, 5.41) is 14.3. The zero-order valence-electron chi connectivity index (χ0n) is 11.7. The first-order chi connectivity index (χ1) is 9.79. The molecule has 0 saturated heterocycles. The molecule has 0 saturated carbocycles. The minimum Gasteiger partial charge on any atom is -0.480 e. The van der Waals surface area contributed by atoms with Crippen molar-refractivity contribution in [1.29, 1.82) is 0 Å². The van der Waals surface area contributed by atoms with E-state index in [0.29, 0.717) is 10.6 Å². The van der Waals surface area contributed by atoms with Crippen LogP contribution in [0.4, 0.5) is 0 Å². The fraction of sp³-hybridized carbons (Fsp3) is 0.357. The van der Waals surface area contributed by atoms with Crippen LogP contribution in [-0.2, 0) is 14.4 Å². The van der Waals surface area contributed by atoms with Crippen LogP contribution >= 0.6 is 11.6 Å². The predicted molar refractivity (Wildman–Crippen MR) is 77.9 cm³/mol. The summed E-state index contributed by atoms with van der Waals surface area (Å²) in [5.74, 6) is -1.86. The number of rotatable bonds is 6. The Labute approximate surface area is 127 Å². The van der Waals surface area contributed by atoms with E-state index in [0.717, 1.165) is 0 Å². The van der Waals surface area contributed by atoms with Gasteiger partial charge in [0, 0.05) is 11.9 Å². The quantitative estimate of drug-likeness (QED) is 0.741. The van der Waals surface area contributed by atoms with Crippen molar-refractivity contribution < 1.29 is 19.5 Å². The summed E-state index contributed by atoms with van der Waals surface area (Å²) in [6.07, 6.45) is -0.0567. The third kappa shape index (κ3) is 5.83. The molecule has 21 heavy (non-hydrogen) atoms. The molecule has 3 N–H and O–H groups in total. The first-order valence-electron chi connectivity index (χ1n) is 6.34. The summed E-state index contributed by atoms with van der Waals surface area (Å²) in [4.78, 5) is 33.8. The molecule has 0 aliphatic heterocycles. The maximum atomic E-state index is 11.8. The number of aliphatic carboxylic acids is 1. The van der Waals surface area contributed by atoms with E-state index in [4.69, 9.17) is 16.7 Å². The number of hydrogen-bond donors (Lipinski definition) is 3. The molecule has 6 nitrogen and oxygen atoms in total. The minimum absolute atomic E-state index is 0.0567. The van der Waals surface area contributed by atoms with Gasteiger partial charge in [-0.1, -0.05) is 23.7 Å². The molecule has 2 atom stereocenters. The van der Waals surface area contributed by atoms with Crippen molar-refractivity contribution >= 4 is 29.4 Å². The lowest BCUT2D eigenvalue weighted by Crippen LogP contribution is -2.40. The topological polar surface area (TPSA) is 95.5 Å². The maximum absolute atomic E-state index is 11.8. The maximum Gasteiger partial charge on any atom is 0.325 e. The zero-order chi connectivity index (χ0) is 16.0. The van der Waals surface area contributed by atoms with Crippen molar-refractivity contribution in [2.45, 2.75) is 32.4 Å². The Hall–Kier alpha value is -2.08. The van der Waals surface area contributed by atoms with Gasteiger partial charge >= 0.3 is 5.97 Å². The van der Waals surface area contributed by atoms with Crippen LogP contribution in [0.15, 0.2) is 24.3 Å². The molecule has 0 aromatic heterocycles. The van der Waals surface area contributed by atoms with E-state index in [1.807, 2.05) is 0 Å². The van der Waals surface area contributed by atoms with E-state index < -0.39 is 24.0 Å². The average Bonchev–Trinajstić information content (AvgIpc) is 2.38. The third-order valence-corrected chi connectivity index (χ3v) is 3.04. The average molecular weight is 313 g/mol. The lowest BCUT2D eigenvalue weighted by molar-refractivity contribution is -0.141. The van der Waals surface area contributed by atoms with Gasteiger partial charge in [0.25, 0.3) is 0 Å². The van der Waals surface area contributed by atoms with Gasteiger partial charge in [0.2, 0.25) is 11.8 Å². The molecule has 7 heteroatoms. The fourth-order valence-electron chi connectivity index (χ4n) is 1.74. The van der Waals surface area contributed by atoms with Crippen LogP contribution in [0.25, 0.3) is 0 Å². The molecule has 0 aliphatic rings. The van der Waals surface area contributed by atoms with Crippen LogP contribution in [0, 0.1) is 0 Å². The summed E-state index contributed by atoms with van der Waals surface area (Å²) in [5.41, 5.74) is 0.715. The largest absolute Gasteiger partial charge is 0.480 e. The minimum atomic E-state index is -1.12. The van der Waals surface area contributed by atoms with E-state index >= 15 is 0 Å². The van der Waals surface area contributed by atoms with Crippen LogP contribution in [0.2, 0.25) is 5.02 Å². The van der Waals surface area contributed by atoms with Gasteiger partial charge in [-0.3, -0.25) is 14.4 Å². The Kier molecular flexibility index (Phi) is 6.17. The van der Waals surface area contributed by atoms with Crippen molar-refractivity contribution in [3.05, 3.63) is 34.9 Å². The highest BCUT2D eigenvalue weighted by atomic mass is 35.5. The van der Waals surface area contributed by atoms with Crippen molar-refractivity contribution in [1.82, 2.24) is 10.6 Å². The summed E-state index contributed by atoms with van der Waals surface area (Å²) in [6.45, 7) is 2.72. The smallest absolute Gasteiger partial charge is 0.325 e. The van der Waals surface area contributed by atoms with Crippen molar-refractivity contribution in [3.63, 3.8) is 0 Å². The van der Waals surface area contributed by atoms with Crippen LogP contribution in [0.3, 0.4) is 0 Å². The molecule has 0 fully saturated rings. The van der Waals surface area contributed by atoms with Gasteiger partial charge in [0.05, 0.1) is 12.5 Å². The molecule has 0 spiro atoms. The number of hydrogen-bond acceptors (Lipinski definition) is 3. The molecule has 1 aromatic rings. The lowest BCUT2D eigenvalue weighted by atomic mass is 10.0. The number of carboxylic acid groups (broad SMARTS) is 1. The van der Waals surface area contributed by atoms with E-state index in [1.165, 1.54) is 13.8 Å². The van der Waals surface area contributed by atoms with Gasteiger partial charge in [0.15, 0.2) is 0 Å². The number of amides is 2. The third-order valence-electron chi connectivity index (χ3n) is 2.79. The summed E-state index contributed by atoms with van der Waals surface area (Å²) in [7, 11) is 0. The molecular formula is C14H17ClN2O4. The molecule has 1 rings (SSSR count). The second-order valence-corrected chi connectivity index (χ2v) is 5.07. The van der Waals surface area contributed by atoms with E-state index in [9.17, 15) is 14.4 Å². The molecule has 2 amide bonds. The van der Waals surface area contributed by atoms with Gasteiger partial charge in [-0.05, 0) is 24.6 Å². The molecular weight excluding hydrogens is 296 g/mol. The molecule has 0 heterocycles. The van der Waals surface area contributed by atoms with E-state index in [2.05, 4.69) is 10.6 Å². The molecule has 0 radical (unpaired) electrons. The van der Waals surface area contributed by atoms with Crippen LogP contribution in [0.5, 0.6) is 0 Å². The SMILES string of the molecule is CC(=O)NC(CC(=O)NC(C)C(=O)O)c1ccc(Cl)cc1. The zero-order valence-corrected chi connectivity index (χ0v) is 12.5. The molecule has 2 unspecified atom stereocenters. The van der Waals surface area contributed by atoms with Crippen LogP contribution in [-0.4, -0.2) is 28.9 Å². The van der Waals surface area contributed by atoms with Gasteiger partial charge in [0.1, 0.15) is 6.04 Å². The Balaban J connectivity index is 2.79. The number of nitrogens with one attached hydrogen (secondary N) is 2. The standard InChI is InChI=1S/C14H17ClN2O4/c1-8(14(20)21)16-13(19)7-12(17-9(2)18)10-3-5-11(15)6-4-10/h3-6,8,12H,7H2,1-2H3,(H,16,19)(H,17,18)(H,20,21). The number of benzene rings is 1. The molecule has 0 aliphatic carbocycles. The number of halogens is 1. The first kappa shape index (κ1) is 17.0. The van der Waals surface area contributed by atoms with Crippen LogP contribution < -0.4 is 10.6 Å². The van der Waals surface area contributed by atoms with E-state index in [-0.39, 0.29) is 12.3 Å². The normalized spacial score (nSPS) is 13.1. The summed E-state index contributed by atoms with van der Waals surface area (Å²) < 4.78 is 0. The second kappa shape index (κ2) is 7.64. The molecule has 114 valence electrons. The van der Waals surface area contributed by atoms with Gasteiger partial charge in [-0.15, -0.1) is 0 Å². The highest BCUT2D eigenvalue weighted by molar-refractivity contribution is 6.30.